The summed E-state index contributed by atoms with van der Waals surface area (Å²) in [6.07, 6.45) is 7.18. The lowest BCUT2D eigenvalue weighted by atomic mass is 9.99. The highest BCUT2D eigenvalue weighted by Gasteiger charge is 2.18. The zero-order chi connectivity index (χ0) is 25.4. The molecule has 0 fully saturated rings. The summed E-state index contributed by atoms with van der Waals surface area (Å²) in [5, 5.41) is 21.3. The molecule has 2 N–H and O–H groups in total. The van der Waals surface area contributed by atoms with E-state index in [1.54, 1.807) is 6.92 Å². The number of aromatic nitrogens is 1. The number of carboxylic acid groups (broad SMARTS) is 1. The van der Waals surface area contributed by atoms with Gasteiger partial charge in [-0.15, -0.1) is 0 Å². The van der Waals surface area contributed by atoms with Crippen LogP contribution in [0.5, 0.6) is 0 Å². The van der Waals surface area contributed by atoms with Crippen LogP contribution in [0, 0.1) is 5.92 Å². The first-order valence-electron chi connectivity index (χ1n) is 12.0. The van der Waals surface area contributed by atoms with Crippen molar-refractivity contribution in [1.29, 1.82) is 0 Å². The highest BCUT2D eigenvalue weighted by molar-refractivity contribution is 7.99. The van der Waals surface area contributed by atoms with E-state index in [0.29, 0.717) is 17.9 Å². The molecule has 2 aromatic carbocycles. The zero-order valence-electron chi connectivity index (χ0n) is 20.6. The number of benzene rings is 2. The Balaban J connectivity index is 1.74. The molecule has 2 atom stereocenters. The minimum atomic E-state index is -0.743. The van der Waals surface area contributed by atoms with Gasteiger partial charge in [0, 0.05) is 15.7 Å². The normalized spacial score (nSPS) is 13.9. The molecule has 0 saturated heterocycles. The van der Waals surface area contributed by atoms with Gasteiger partial charge in [0.2, 0.25) is 0 Å². The molecule has 1 aromatic heterocycles. The topological polar surface area (TPSA) is 70.4 Å². The van der Waals surface area contributed by atoms with Crippen LogP contribution >= 0.6 is 23.4 Å². The number of carboxylic acids is 1. The summed E-state index contributed by atoms with van der Waals surface area (Å²) in [6, 6.07) is 18.2. The van der Waals surface area contributed by atoms with Gasteiger partial charge < -0.3 is 10.2 Å². The Bertz CT molecular complexity index is 1170. The largest absolute Gasteiger partial charge is 0.481 e. The van der Waals surface area contributed by atoms with Gasteiger partial charge in [-0.2, -0.15) is 11.8 Å². The van der Waals surface area contributed by atoms with Crippen LogP contribution in [0.4, 0.5) is 0 Å². The maximum Gasteiger partial charge on any atom is 0.306 e. The van der Waals surface area contributed by atoms with Crippen molar-refractivity contribution < 1.29 is 15.0 Å². The maximum absolute atomic E-state index is 11.2. The van der Waals surface area contributed by atoms with Crippen molar-refractivity contribution in [3.05, 3.63) is 76.4 Å². The molecule has 3 rings (SSSR count). The van der Waals surface area contributed by atoms with Crippen LogP contribution in [0.25, 0.3) is 23.1 Å². The number of aliphatic hydroxyl groups is 1. The first kappa shape index (κ1) is 27.3. The van der Waals surface area contributed by atoms with Crippen LogP contribution in [0.15, 0.2) is 54.6 Å². The Kier molecular flexibility index (Phi) is 9.79. The number of carbonyl (C=O) groups is 1. The summed E-state index contributed by atoms with van der Waals surface area (Å²) >= 11 is 7.95. The molecular formula is C29H34ClNO3S. The van der Waals surface area contributed by atoms with Gasteiger partial charge in [-0.05, 0) is 74.3 Å². The summed E-state index contributed by atoms with van der Waals surface area (Å²) in [6.45, 7) is 5.42. The Labute approximate surface area is 217 Å². The van der Waals surface area contributed by atoms with E-state index in [9.17, 15) is 15.0 Å². The number of rotatable bonds is 12. The number of hydrogen-bond acceptors (Lipinski definition) is 4. The summed E-state index contributed by atoms with van der Waals surface area (Å²) in [7, 11) is 0. The molecule has 6 heteroatoms. The average Bonchev–Trinajstić information content (AvgIpc) is 2.80. The molecule has 0 spiro atoms. The van der Waals surface area contributed by atoms with Crippen LogP contribution in [0.2, 0.25) is 5.02 Å². The van der Waals surface area contributed by atoms with E-state index in [0.717, 1.165) is 40.8 Å². The Hall–Kier alpha value is -2.34. The number of halogens is 1. The smallest absolute Gasteiger partial charge is 0.306 e. The summed E-state index contributed by atoms with van der Waals surface area (Å²) in [5.41, 5.74) is 3.34. The molecule has 0 bridgehead atoms. The van der Waals surface area contributed by atoms with Crippen LogP contribution < -0.4 is 0 Å². The van der Waals surface area contributed by atoms with Gasteiger partial charge in [0.25, 0.3) is 0 Å². The molecule has 35 heavy (non-hydrogen) atoms. The minimum absolute atomic E-state index is 0.243. The number of aliphatic carboxylic acids is 1. The third kappa shape index (κ3) is 8.99. The molecule has 0 radical (unpaired) electrons. The van der Waals surface area contributed by atoms with Crippen LogP contribution in [-0.4, -0.2) is 32.5 Å². The monoisotopic (exact) mass is 511 g/mol. The lowest BCUT2D eigenvalue weighted by molar-refractivity contribution is -0.141. The quantitative estimate of drug-likeness (QED) is 0.258. The van der Waals surface area contributed by atoms with E-state index in [2.05, 4.69) is 30.3 Å². The lowest BCUT2D eigenvalue weighted by Crippen LogP contribution is -2.19. The minimum Gasteiger partial charge on any atom is -0.481 e. The Morgan fingerprint density at radius 2 is 1.89 bits per heavy atom. The molecule has 0 aliphatic heterocycles. The molecule has 1 heterocycles. The van der Waals surface area contributed by atoms with E-state index in [1.165, 1.54) is 5.56 Å². The average molecular weight is 512 g/mol. The molecule has 4 nitrogen and oxygen atoms in total. The second-order valence-electron chi connectivity index (χ2n) is 9.67. The van der Waals surface area contributed by atoms with Crippen LogP contribution in [0.1, 0.15) is 68.5 Å². The van der Waals surface area contributed by atoms with E-state index in [1.807, 2.05) is 62.0 Å². The van der Waals surface area contributed by atoms with Crippen molar-refractivity contribution in [3.8, 4) is 0 Å². The van der Waals surface area contributed by atoms with Crippen molar-refractivity contribution in [3.63, 3.8) is 0 Å². The number of hydrogen-bond donors (Lipinski definition) is 2. The first-order chi connectivity index (χ1) is 16.6. The molecule has 0 saturated carbocycles. The lowest BCUT2D eigenvalue weighted by Gasteiger charge is -2.21. The Morgan fingerprint density at radius 1 is 1.11 bits per heavy atom. The van der Waals surface area contributed by atoms with Crippen LogP contribution in [-0.2, 0) is 4.79 Å². The number of pyridine rings is 1. The van der Waals surface area contributed by atoms with Gasteiger partial charge in [0.15, 0.2) is 0 Å². The second-order valence-corrected chi connectivity index (χ2v) is 11.4. The maximum atomic E-state index is 11.2. The molecule has 0 aliphatic carbocycles. The van der Waals surface area contributed by atoms with Gasteiger partial charge in [-0.25, -0.2) is 4.98 Å². The van der Waals surface area contributed by atoms with Gasteiger partial charge in [0.05, 0.1) is 22.7 Å². The van der Waals surface area contributed by atoms with E-state index in [-0.39, 0.29) is 11.2 Å². The molecule has 0 unspecified atom stereocenters. The molecule has 3 aromatic rings. The van der Waals surface area contributed by atoms with E-state index >= 15 is 0 Å². The summed E-state index contributed by atoms with van der Waals surface area (Å²) in [4.78, 5) is 15.9. The fourth-order valence-electron chi connectivity index (χ4n) is 3.77. The highest BCUT2D eigenvalue weighted by atomic mass is 35.5. The third-order valence-electron chi connectivity index (χ3n) is 5.96. The van der Waals surface area contributed by atoms with Crippen molar-refractivity contribution in [1.82, 2.24) is 4.98 Å². The van der Waals surface area contributed by atoms with E-state index < -0.39 is 11.6 Å². The second kappa shape index (κ2) is 12.6. The molecular weight excluding hydrogens is 478 g/mol. The fourth-order valence-corrected chi connectivity index (χ4v) is 5.51. The highest BCUT2D eigenvalue weighted by Crippen LogP contribution is 2.36. The summed E-state index contributed by atoms with van der Waals surface area (Å²) in [5.74, 6) is -0.240. The fraction of sp³-hybridized carbons (Fsp3) is 0.379. The van der Waals surface area contributed by atoms with Crippen molar-refractivity contribution >= 4 is 52.4 Å². The van der Waals surface area contributed by atoms with Gasteiger partial charge in [-0.1, -0.05) is 67.4 Å². The molecule has 186 valence electrons. The van der Waals surface area contributed by atoms with Gasteiger partial charge in [-0.3, -0.25) is 4.79 Å². The molecule has 0 amide bonds. The zero-order valence-corrected chi connectivity index (χ0v) is 22.1. The molecule has 0 aliphatic rings. The van der Waals surface area contributed by atoms with Crippen molar-refractivity contribution in [2.45, 2.75) is 57.3 Å². The number of thioether (sulfide) groups is 1. The standard InChI is InChI=1S/C29H34ClNO3S/c1-20(28(32)33)6-4-9-27(35-17-16-29(2,3)34)23-8-5-7-21(18-23)10-14-25-15-12-22-11-13-24(30)19-26(22)31-25/h5,7-8,10-15,18-20,27,34H,4,6,9,16-17H2,1-3H3,(H,32,33)/b14-10+/t20-,27-/m1/s1. The third-order valence-corrected chi connectivity index (χ3v) is 7.55. The van der Waals surface area contributed by atoms with Gasteiger partial charge in [0.1, 0.15) is 0 Å². The van der Waals surface area contributed by atoms with E-state index in [4.69, 9.17) is 16.6 Å². The summed E-state index contributed by atoms with van der Waals surface area (Å²) < 4.78 is 0. The van der Waals surface area contributed by atoms with Gasteiger partial charge >= 0.3 is 5.97 Å². The predicted molar refractivity (Wildman–Crippen MR) is 149 cm³/mol. The van der Waals surface area contributed by atoms with Crippen molar-refractivity contribution in [2.24, 2.45) is 5.92 Å². The Morgan fingerprint density at radius 3 is 2.63 bits per heavy atom. The number of fused-ring (bicyclic) bond motifs is 1. The predicted octanol–water partition coefficient (Wildman–Crippen LogP) is 7.88. The first-order valence-corrected chi connectivity index (χ1v) is 13.4. The van der Waals surface area contributed by atoms with Crippen LogP contribution in [0.3, 0.4) is 0 Å². The number of nitrogens with zero attached hydrogens (tertiary/aromatic N) is 1. The SMILES string of the molecule is C[C@H](CCC[C@@H](SCCC(C)(C)O)c1cccc(/C=C/c2ccc3ccc(Cl)cc3n2)c1)C(=O)O. The van der Waals surface area contributed by atoms with Crippen molar-refractivity contribution in [2.75, 3.05) is 5.75 Å².